The highest BCUT2D eigenvalue weighted by Crippen LogP contribution is 2.29. The lowest BCUT2D eigenvalue weighted by molar-refractivity contribution is 0.0549. The fourth-order valence-electron chi connectivity index (χ4n) is 1.88. The van der Waals surface area contributed by atoms with Gasteiger partial charge in [-0.2, -0.15) is 0 Å². The van der Waals surface area contributed by atoms with Gasteiger partial charge in [-0.05, 0) is 35.9 Å². The predicted molar refractivity (Wildman–Crippen MR) is 89.3 cm³/mol. The van der Waals surface area contributed by atoms with Gasteiger partial charge < -0.3 is 14.2 Å². The molecule has 0 aliphatic carbocycles. The third kappa shape index (κ3) is 4.76. The van der Waals surface area contributed by atoms with Crippen molar-refractivity contribution in [3.63, 3.8) is 0 Å². The summed E-state index contributed by atoms with van der Waals surface area (Å²) in [6.07, 6.45) is 1.51. The molecule has 0 saturated heterocycles. The van der Waals surface area contributed by atoms with Gasteiger partial charge in [-0.1, -0.05) is 36.4 Å². The molecule has 0 N–H and O–H groups in total. The van der Waals surface area contributed by atoms with Gasteiger partial charge >= 0.3 is 5.97 Å². The topological polar surface area (TPSA) is 44.8 Å². The molecule has 2 aromatic carbocycles. The summed E-state index contributed by atoms with van der Waals surface area (Å²) in [5.41, 5.74) is 1.34. The largest absolute Gasteiger partial charge is 0.493 e. The molecular weight excluding hydrogens is 316 g/mol. The normalized spacial score (nSPS) is 10.0. The number of halogens is 1. The number of carbonyl (C=O) groups excluding carboxylic acids is 1. The number of methoxy groups -OCH3 is 1. The minimum Gasteiger partial charge on any atom is -0.493 e. The van der Waals surface area contributed by atoms with Gasteiger partial charge in [0.15, 0.2) is 11.5 Å². The van der Waals surface area contributed by atoms with E-state index in [-0.39, 0.29) is 6.61 Å². The van der Waals surface area contributed by atoms with Crippen molar-refractivity contribution in [2.75, 3.05) is 13.7 Å². The van der Waals surface area contributed by atoms with Crippen molar-refractivity contribution in [2.45, 2.75) is 6.61 Å². The predicted octanol–water partition coefficient (Wildman–Crippen LogP) is 4.27. The fraction of sp³-hybridized carbons (Fsp3) is 0.167. The molecule has 2 aromatic rings. The average molecular weight is 333 g/mol. The van der Waals surface area contributed by atoms with Gasteiger partial charge in [0, 0.05) is 5.02 Å². The van der Waals surface area contributed by atoms with Crippen molar-refractivity contribution in [3.8, 4) is 11.5 Å². The summed E-state index contributed by atoms with van der Waals surface area (Å²) < 4.78 is 16.0. The van der Waals surface area contributed by atoms with E-state index in [0.29, 0.717) is 28.7 Å². The molecule has 0 unspecified atom stereocenters. The highest BCUT2D eigenvalue weighted by atomic mass is 35.5. The van der Waals surface area contributed by atoms with Crippen molar-refractivity contribution < 1.29 is 19.0 Å². The number of esters is 1. The molecule has 5 heteroatoms. The summed E-state index contributed by atoms with van der Waals surface area (Å²) in [5.74, 6) is 0.568. The third-order valence-electron chi connectivity index (χ3n) is 3.04. The molecular formula is C18H17ClO4. The SMILES string of the molecule is C=CCOC(=O)c1ccc(OC)c(OCc2ccc(Cl)cc2)c1. The van der Waals surface area contributed by atoms with Gasteiger partial charge in [0.1, 0.15) is 13.2 Å². The van der Waals surface area contributed by atoms with E-state index in [2.05, 4.69) is 6.58 Å². The fourth-order valence-corrected chi connectivity index (χ4v) is 2.00. The Balaban J connectivity index is 2.13. The first-order valence-electron chi connectivity index (χ1n) is 6.97. The maximum Gasteiger partial charge on any atom is 0.338 e. The number of hydrogen-bond donors (Lipinski definition) is 0. The van der Waals surface area contributed by atoms with Crippen LogP contribution in [-0.4, -0.2) is 19.7 Å². The second-order valence-electron chi connectivity index (χ2n) is 4.67. The van der Waals surface area contributed by atoms with Crippen LogP contribution < -0.4 is 9.47 Å². The van der Waals surface area contributed by atoms with Crippen LogP contribution >= 0.6 is 11.6 Å². The summed E-state index contributed by atoms with van der Waals surface area (Å²) in [6, 6.07) is 12.2. The molecule has 0 atom stereocenters. The maximum atomic E-state index is 11.9. The van der Waals surface area contributed by atoms with Crippen molar-refractivity contribution in [3.05, 3.63) is 71.3 Å². The summed E-state index contributed by atoms with van der Waals surface area (Å²) in [6.45, 7) is 4.00. The van der Waals surface area contributed by atoms with Crippen molar-refractivity contribution in [1.82, 2.24) is 0 Å². The third-order valence-corrected chi connectivity index (χ3v) is 3.29. The highest BCUT2D eigenvalue weighted by Gasteiger charge is 2.12. The molecule has 0 saturated carbocycles. The van der Waals surface area contributed by atoms with E-state index in [1.807, 2.05) is 12.1 Å². The monoisotopic (exact) mass is 332 g/mol. The first-order chi connectivity index (χ1) is 11.1. The Morgan fingerprint density at radius 1 is 1.17 bits per heavy atom. The van der Waals surface area contributed by atoms with Crippen molar-refractivity contribution in [1.29, 1.82) is 0 Å². The number of hydrogen-bond acceptors (Lipinski definition) is 4. The van der Waals surface area contributed by atoms with E-state index in [0.717, 1.165) is 5.56 Å². The number of ether oxygens (including phenoxy) is 3. The second kappa shape index (κ2) is 8.25. The van der Waals surface area contributed by atoms with Gasteiger partial charge in [0.25, 0.3) is 0 Å². The van der Waals surface area contributed by atoms with Crippen molar-refractivity contribution in [2.24, 2.45) is 0 Å². The number of rotatable bonds is 7. The minimum absolute atomic E-state index is 0.159. The average Bonchev–Trinajstić information content (AvgIpc) is 2.58. The molecule has 2 rings (SSSR count). The zero-order chi connectivity index (χ0) is 16.7. The lowest BCUT2D eigenvalue weighted by Crippen LogP contribution is -2.06. The van der Waals surface area contributed by atoms with Crippen LogP contribution in [-0.2, 0) is 11.3 Å². The van der Waals surface area contributed by atoms with Crippen LogP contribution in [0.4, 0.5) is 0 Å². The first-order valence-corrected chi connectivity index (χ1v) is 7.35. The van der Waals surface area contributed by atoms with Gasteiger partial charge in [-0.25, -0.2) is 4.79 Å². The molecule has 0 heterocycles. The van der Waals surface area contributed by atoms with Gasteiger partial charge in [0.2, 0.25) is 0 Å². The lowest BCUT2D eigenvalue weighted by Gasteiger charge is -2.12. The van der Waals surface area contributed by atoms with Crippen LogP contribution in [0.5, 0.6) is 11.5 Å². The molecule has 0 bridgehead atoms. The molecule has 0 aliphatic rings. The lowest BCUT2D eigenvalue weighted by atomic mass is 10.2. The highest BCUT2D eigenvalue weighted by molar-refractivity contribution is 6.30. The Bertz CT molecular complexity index is 680. The van der Waals surface area contributed by atoms with Crippen molar-refractivity contribution >= 4 is 17.6 Å². The Hall–Kier alpha value is -2.46. The van der Waals surface area contributed by atoms with E-state index < -0.39 is 5.97 Å². The molecule has 4 nitrogen and oxygen atoms in total. The summed E-state index contributed by atoms with van der Waals surface area (Å²) in [7, 11) is 1.54. The summed E-state index contributed by atoms with van der Waals surface area (Å²) in [4.78, 5) is 11.9. The zero-order valence-corrected chi connectivity index (χ0v) is 13.5. The Labute approximate surface area is 140 Å². The molecule has 0 amide bonds. The van der Waals surface area contributed by atoms with E-state index in [4.69, 9.17) is 25.8 Å². The molecule has 0 spiro atoms. The van der Waals surface area contributed by atoms with E-state index in [1.54, 1.807) is 37.4 Å². The minimum atomic E-state index is -0.441. The van der Waals surface area contributed by atoms with Crippen LogP contribution in [0.25, 0.3) is 0 Å². The molecule has 23 heavy (non-hydrogen) atoms. The van der Waals surface area contributed by atoms with E-state index in [9.17, 15) is 4.79 Å². The number of benzene rings is 2. The molecule has 120 valence electrons. The van der Waals surface area contributed by atoms with Crippen LogP contribution in [0.3, 0.4) is 0 Å². The van der Waals surface area contributed by atoms with Crippen LogP contribution in [0.2, 0.25) is 5.02 Å². The molecule has 0 aliphatic heterocycles. The molecule has 0 radical (unpaired) electrons. The number of carbonyl (C=O) groups is 1. The Kier molecular flexibility index (Phi) is 6.06. The van der Waals surface area contributed by atoms with Crippen LogP contribution in [0, 0.1) is 0 Å². The Morgan fingerprint density at radius 3 is 2.57 bits per heavy atom. The quantitative estimate of drug-likeness (QED) is 0.561. The van der Waals surface area contributed by atoms with Crippen LogP contribution in [0.1, 0.15) is 15.9 Å². The van der Waals surface area contributed by atoms with E-state index >= 15 is 0 Å². The summed E-state index contributed by atoms with van der Waals surface area (Å²) >= 11 is 5.85. The second-order valence-corrected chi connectivity index (χ2v) is 5.10. The van der Waals surface area contributed by atoms with Gasteiger partial charge in [-0.3, -0.25) is 0 Å². The first kappa shape index (κ1) is 16.9. The van der Waals surface area contributed by atoms with E-state index in [1.165, 1.54) is 6.08 Å². The molecule has 0 aromatic heterocycles. The Morgan fingerprint density at radius 2 is 1.91 bits per heavy atom. The smallest absolute Gasteiger partial charge is 0.338 e. The molecule has 0 fully saturated rings. The standard InChI is InChI=1S/C18H17ClO4/c1-3-10-22-18(20)14-6-9-16(21-2)17(11-14)23-12-13-4-7-15(19)8-5-13/h3-9,11H,1,10,12H2,2H3. The maximum absolute atomic E-state index is 11.9. The zero-order valence-electron chi connectivity index (χ0n) is 12.8. The van der Waals surface area contributed by atoms with Crippen LogP contribution in [0.15, 0.2) is 55.1 Å². The van der Waals surface area contributed by atoms with Gasteiger partial charge in [0.05, 0.1) is 12.7 Å². The summed E-state index contributed by atoms with van der Waals surface area (Å²) in [5, 5.41) is 0.665. The van der Waals surface area contributed by atoms with Gasteiger partial charge in [-0.15, -0.1) is 0 Å².